The van der Waals surface area contributed by atoms with E-state index in [0.29, 0.717) is 0 Å². The molecule has 1 unspecified atom stereocenters. The molecule has 5 nitrogen and oxygen atoms in total. The third kappa shape index (κ3) is 2.56. The van der Waals surface area contributed by atoms with Gasteiger partial charge in [-0.15, -0.1) is 0 Å². The van der Waals surface area contributed by atoms with Gasteiger partial charge in [0.25, 0.3) is 0 Å². The first-order chi connectivity index (χ1) is 10.2. The van der Waals surface area contributed by atoms with Gasteiger partial charge in [-0.3, -0.25) is 9.36 Å². The quantitative estimate of drug-likeness (QED) is 0.781. The SMILES string of the molecule is CCn1nc(CC(NC)c2cnn(C)c2)c2ccccc21. The second kappa shape index (κ2) is 5.69. The van der Waals surface area contributed by atoms with Crippen molar-refractivity contribution in [2.45, 2.75) is 25.9 Å². The van der Waals surface area contributed by atoms with E-state index in [1.165, 1.54) is 16.5 Å². The van der Waals surface area contributed by atoms with E-state index in [0.717, 1.165) is 18.7 Å². The lowest BCUT2D eigenvalue weighted by Gasteiger charge is -2.13. The van der Waals surface area contributed by atoms with Gasteiger partial charge in [0.2, 0.25) is 0 Å². The molecule has 3 aromatic rings. The predicted molar refractivity (Wildman–Crippen MR) is 84.1 cm³/mol. The highest BCUT2D eigenvalue weighted by Crippen LogP contribution is 2.24. The molecular weight excluding hydrogens is 262 g/mol. The Bertz CT molecular complexity index is 740. The van der Waals surface area contributed by atoms with Crippen LogP contribution in [-0.4, -0.2) is 26.6 Å². The summed E-state index contributed by atoms with van der Waals surface area (Å²) in [6.07, 6.45) is 4.83. The van der Waals surface area contributed by atoms with Crippen LogP contribution in [0.4, 0.5) is 0 Å². The van der Waals surface area contributed by atoms with Gasteiger partial charge in [0, 0.05) is 43.2 Å². The standard InChI is InChI=1S/C16H21N5/c1-4-21-16-8-6-5-7-13(16)15(19-21)9-14(17-2)12-10-18-20(3)11-12/h5-8,10-11,14,17H,4,9H2,1-3H3. The van der Waals surface area contributed by atoms with Crippen LogP contribution in [0.25, 0.3) is 10.9 Å². The molecule has 21 heavy (non-hydrogen) atoms. The minimum Gasteiger partial charge on any atom is -0.313 e. The fourth-order valence-electron chi connectivity index (χ4n) is 2.79. The number of benzene rings is 1. The van der Waals surface area contributed by atoms with Crippen molar-refractivity contribution in [1.82, 2.24) is 24.9 Å². The Morgan fingerprint density at radius 1 is 1.29 bits per heavy atom. The highest BCUT2D eigenvalue weighted by atomic mass is 15.3. The number of aryl methyl sites for hydroxylation is 2. The van der Waals surface area contributed by atoms with E-state index in [1.807, 2.05) is 25.0 Å². The van der Waals surface area contributed by atoms with E-state index in [-0.39, 0.29) is 6.04 Å². The minimum atomic E-state index is 0.224. The van der Waals surface area contributed by atoms with Gasteiger partial charge >= 0.3 is 0 Å². The normalized spacial score (nSPS) is 12.9. The zero-order chi connectivity index (χ0) is 14.8. The van der Waals surface area contributed by atoms with Gasteiger partial charge in [-0.05, 0) is 20.0 Å². The van der Waals surface area contributed by atoms with Crippen molar-refractivity contribution in [3.63, 3.8) is 0 Å². The second-order valence-electron chi connectivity index (χ2n) is 5.27. The second-order valence-corrected chi connectivity index (χ2v) is 5.27. The number of nitrogens with one attached hydrogen (secondary N) is 1. The number of hydrogen-bond donors (Lipinski definition) is 1. The summed E-state index contributed by atoms with van der Waals surface area (Å²) < 4.78 is 3.91. The van der Waals surface area contributed by atoms with Crippen molar-refractivity contribution in [3.8, 4) is 0 Å². The molecule has 0 saturated heterocycles. The van der Waals surface area contributed by atoms with E-state index in [1.54, 1.807) is 0 Å². The monoisotopic (exact) mass is 283 g/mol. The van der Waals surface area contributed by atoms with Crippen molar-refractivity contribution in [2.24, 2.45) is 7.05 Å². The van der Waals surface area contributed by atoms with Crippen LogP contribution >= 0.6 is 0 Å². The van der Waals surface area contributed by atoms with Crippen LogP contribution in [0.3, 0.4) is 0 Å². The number of fused-ring (bicyclic) bond motifs is 1. The lowest BCUT2D eigenvalue weighted by atomic mass is 10.0. The van der Waals surface area contributed by atoms with Gasteiger partial charge < -0.3 is 5.32 Å². The Balaban J connectivity index is 1.97. The van der Waals surface area contributed by atoms with E-state index < -0.39 is 0 Å². The zero-order valence-electron chi connectivity index (χ0n) is 12.7. The summed E-state index contributed by atoms with van der Waals surface area (Å²) in [5, 5.41) is 13.6. The lowest BCUT2D eigenvalue weighted by molar-refractivity contribution is 0.572. The van der Waals surface area contributed by atoms with Crippen molar-refractivity contribution >= 4 is 10.9 Å². The molecule has 5 heteroatoms. The molecule has 2 heterocycles. The molecule has 2 aromatic heterocycles. The summed E-state index contributed by atoms with van der Waals surface area (Å²) in [5.74, 6) is 0. The van der Waals surface area contributed by atoms with Crippen LogP contribution in [-0.2, 0) is 20.0 Å². The third-order valence-corrected chi connectivity index (χ3v) is 3.91. The van der Waals surface area contributed by atoms with E-state index in [9.17, 15) is 0 Å². The molecule has 0 saturated carbocycles. The average Bonchev–Trinajstić information content (AvgIpc) is 3.09. The fraction of sp³-hybridized carbons (Fsp3) is 0.375. The first kappa shape index (κ1) is 13.8. The summed E-state index contributed by atoms with van der Waals surface area (Å²) in [6.45, 7) is 3.01. The lowest BCUT2D eigenvalue weighted by Crippen LogP contribution is -2.18. The molecule has 1 atom stereocenters. The minimum absolute atomic E-state index is 0.224. The average molecular weight is 283 g/mol. The Morgan fingerprint density at radius 3 is 2.76 bits per heavy atom. The Hall–Kier alpha value is -2.14. The Morgan fingerprint density at radius 2 is 2.10 bits per heavy atom. The van der Waals surface area contributed by atoms with Crippen LogP contribution in [0.1, 0.15) is 24.2 Å². The van der Waals surface area contributed by atoms with Crippen LogP contribution in [0.5, 0.6) is 0 Å². The molecule has 0 spiro atoms. The molecule has 0 aliphatic rings. The van der Waals surface area contributed by atoms with Gasteiger partial charge in [-0.2, -0.15) is 10.2 Å². The Labute approximate surface area is 124 Å². The van der Waals surface area contributed by atoms with E-state index in [2.05, 4.69) is 52.5 Å². The molecule has 0 bridgehead atoms. The van der Waals surface area contributed by atoms with Crippen molar-refractivity contribution < 1.29 is 0 Å². The number of para-hydroxylation sites is 1. The fourth-order valence-corrected chi connectivity index (χ4v) is 2.79. The molecule has 1 aromatic carbocycles. The number of rotatable bonds is 5. The molecule has 0 radical (unpaired) electrons. The number of likely N-dealkylation sites (N-methyl/N-ethyl adjacent to an activating group) is 1. The molecule has 3 rings (SSSR count). The summed E-state index contributed by atoms with van der Waals surface area (Å²) in [7, 11) is 3.92. The van der Waals surface area contributed by atoms with Gasteiger partial charge in [0.1, 0.15) is 0 Å². The number of aromatic nitrogens is 4. The molecule has 110 valence electrons. The molecular formula is C16H21N5. The van der Waals surface area contributed by atoms with Crippen molar-refractivity contribution in [1.29, 1.82) is 0 Å². The maximum atomic E-state index is 4.78. The summed E-state index contributed by atoms with van der Waals surface area (Å²) in [4.78, 5) is 0. The summed E-state index contributed by atoms with van der Waals surface area (Å²) in [6, 6.07) is 8.65. The molecule has 0 fully saturated rings. The van der Waals surface area contributed by atoms with Crippen molar-refractivity contribution in [2.75, 3.05) is 7.05 Å². The van der Waals surface area contributed by atoms with E-state index >= 15 is 0 Å². The molecule has 0 amide bonds. The number of nitrogens with zero attached hydrogens (tertiary/aromatic N) is 4. The van der Waals surface area contributed by atoms with Gasteiger partial charge in [0.15, 0.2) is 0 Å². The van der Waals surface area contributed by atoms with Crippen LogP contribution in [0, 0.1) is 0 Å². The summed E-state index contributed by atoms with van der Waals surface area (Å²) in [5.41, 5.74) is 3.53. The third-order valence-electron chi connectivity index (χ3n) is 3.91. The zero-order valence-corrected chi connectivity index (χ0v) is 12.7. The van der Waals surface area contributed by atoms with Crippen LogP contribution in [0.15, 0.2) is 36.7 Å². The van der Waals surface area contributed by atoms with Gasteiger partial charge in [-0.1, -0.05) is 18.2 Å². The largest absolute Gasteiger partial charge is 0.313 e. The highest BCUT2D eigenvalue weighted by Gasteiger charge is 2.16. The smallest absolute Gasteiger partial charge is 0.0722 e. The van der Waals surface area contributed by atoms with Crippen LogP contribution in [0.2, 0.25) is 0 Å². The molecule has 1 N–H and O–H groups in total. The van der Waals surface area contributed by atoms with Gasteiger partial charge in [-0.25, -0.2) is 0 Å². The van der Waals surface area contributed by atoms with Crippen LogP contribution < -0.4 is 5.32 Å². The predicted octanol–water partition coefficient (Wildman–Crippen LogP) is 2.29. The van der Waals surface area contributed by atoms with E-state index in [4.69, 9.17) is 5.10 Å². The number of hydrogen-bond acceptors (Lipinski definition) is 3. The molecule has 0 aliphatic carbocycles. The van der Waals surface area contributed by atoms with Crippen molar-refractivity contribution in [3.05, 3.63) is 47.9 Å². The summed E-state index contributed by atoms with van der Waals surface area (Å²) >= 11 is 0. The first-order valence-corrected chi connectivity index (χ1v) is 7.33. The topological polar surface area (TPSA) is 47.7 Å². The maximum Gasteiger partial charge on any atom is 0.0722 e. The highest BCUT2D eigenvalue weighted by molar-refractivity contribution is 5.82. The van der Waals surface area contributed by atoms with Gasteiger partial charge in [0.05, 0.1) is 17.4 Å². The maximum absolute atomic E-state index is 4.78. The Kier molecular flexibility index (Phi) is 3.75. The molecule has 0 aliphatic heterocycles. The first-order valence-electron chi connectivity index (χ1n) is 7.33.